The van der Waals surface area contributed by atoms with E-state index in [9.17, 15) is 0 Å². The van der Waals surface area contributed by atoms with Gasteiger partial charge in [0.05, 0.1) is 5.56 Å². The van der Waals surface area contributed by atoms with E-state index >= 15 is 0 Å². The highest BCUT2D eigenvalue weighted by Crippen LogP contribution is 2.34. The lowest BCUT2D eigenvalue weighted by Gasteiger charge is -2.22. The maximum absolute atomic E-state index is 6.06. The minimum absolute atomic E-state index is 0.0159. The van der Waals surface area contributed by atoms with Crippen LogP contribution in [0.15, 0.2) is 30.6 Å². The second kappa shape index (κ2) is 6.12. The van der Waals surface area contributed by atoms with Gasteiger partial charge < -0.3 is 10.1 Å². The molecule has 0 atom stereocenters. The Labute approximate surface area is 126 Å². The summed E-state index contributed by atoms with van der Waals surface area (Å²) in [6.45, 7) is 11.3. The Morgan fingerprint density at radius 3 is 2.52 bits per heavy atom. The lowest BCUT2D eigenvalue weighted by Crippen LogP contribution is -2.12. The summed E-state index contributed by atoms with van der Waals surface area (Å²) in [5.74, 6) is 2.25. The summed E-state index contributed by atoms with van der Waals surface area (Å²) in [4.78, 5) is 8.51. The van der Waals surface area contributed by atoms with Gasteiger partial charge in [0, 0.05) is 12.1 Å². The molecule has 0 aliphatic rings. The number of hydrogen-bond acceptors (Lipinski definition) is 4. The number of nitrogens with zero attached hydrogens (tertiary/aromatic N) is 2. The van der Waals surface area contributed by atoms with Gasteiger partial charge in [0.2, 0.25) is 5.88 Å². The van der Waals surface area contributed by atoms with Crippen molar-refractivity contribution >= 4 is 5.82 Å². The van der Waals surface area contributed by atoms with Gasteiger partial charge in [0.1, 0.15) is 17.9 Å². The first-order chi connectivity index (χ1) is 9.93. The summed E-state index contributed by atoms with van der Waals surface area (Å²) in [5, 5.41) is 3.22. The van der Waals surface area contributed by atoms with E-state index in [1.54, 1.807) is 0 Å². The molecule has 0 spiro atoms. The third kappa shape index (κ3) is 3.51. The number of para-hydroxylation sites is 1. The van der Waals surface area contributed by atoms with E-state index in [4.69, 9.17) is 4.74 Å². The maximum atomic E-state index is 6.06. The number of anilines is 1. The SMILES string of the molecule is CCNc1ncnc(Oc2ccccc2C(C)(C)C)c1C. The zero-order chi connectivity index (χ0) is 15.5. The van der Waals surface area contributed by atoms with Gasteiger partial charge in [-0.3, -0.25) is 0 Å². The van der Waals surface area contributed by atoms with Crippen LogP contribution in [0.1, 0.15) is 38.8 Å². The molecule has 4 heteroatoms. The fourth-order valence-corrected chi connectivity index (χ4v) is 2.16. The molecule has 1 aromatic heterocycles. The summed E-state index contributed by atoms with van der Waals surface area (Å²) in [5.41, 5.74) is 2.10. The molecular weight excluding hydrogens is 262 g/mol. The highest BCUT2D eigenvalue weighted by atomic mass is 16.5. The minimum Gasteiger partial charge on any atom is -0.438 e. The van der Waals surface area contributed by atoms with Crippen molar-refractivity contribution in [1.82, 2.24) is 9.97 Å². The average Bonchev–Trinajstić information content (AvgIpc) is 2.43. The summed E-state index contributed by atoms with van der Waals surface area (Å²) in [7, 11) is 0. The highest BCUT2D eigenvalue weighted by Gasteiger charge is 2.19. The Balaban J connectivity index is 2.38. The Bertz CT molecular complexity index is 618. The van der Waals surface area contributed by atoms with E-state index in [1.165, 1.54) is 6.33 Å². The standard InChI is InChI=1S/C17H23N3O/c1-6-18-15-12(2)16(20-11-19-15)21-14-10-8-7-9-13(14)17(3,4)5/h7-11H,6H2,1-5H3,(H,18,19,20). The summed E-state index contributed by atoms with van der Waals surface area (Å²) in [6, 6.07) is 8.09. The van der Waals surface area contributed by atoms with Crippen LogP contribution >= 0.6 is 0 Å². The lowest BCUT2D eigenvalue weighted by atomic mass is 9.86. The second-order valence-corrected chi connectivity index (χ2v) is 6.03. The van der Waals surface area contributed by atoms with Crippen LogP contribution in [-0.4, -0.2) is 16.5 Å². The van der Waals surface area contributed by atoms with Crippen LogP contribution in [0.5, 0.6) is 11.6 Å². The molecule has 0 bridgehead atoms. The van der Waals surface area contributed by atoms with Crippen LogP contribution in [0.4, 0.5) is 5.82 Å². The monoisotopic (exact) mass is 285 g/mol. The highest BCUT2D eigenvalue weighted by molar-refractivity contribution is 5.49. The number of nitrogens with one attached hydrogen (secondary N) is 1. The molecule has 0 saturated heterocycles. The number of hydrogen-bond donors (Lipinski definition) is 1. The van der Waals surface area contributed by atoms with E-state index in [0.717, 1.165) is 29.2 Å². The van der Waals surface area contributed by atoms with E-state index in [2.05, 4.69) is 42.1 Å². The van der Waals surface area contributed by atoms with Crippen LogP contribution in [0.25, 0.3) is 0 Å². The number of ether oxygens (including phenoxy) is 1. The van der Waals surface area contributed by atoms with Crippen molar-refractivity contribution in [2.45, 2.75) is 40.0 Å². The van der Waals surface area contributed by atoms with Gasteiger partial charge in [-0.1, -0.05) is 39.0 Å². The smallest absolute Gasteiger partial charge is 0.227 e. The largest absolute Gasteiger partial charge is 0.438 e. The summed E-state index contributed by atoms with van der Waals surface area (Å²) >= 11 is 0. The van der Waals surface area contributed by atoms with Crippen molar-refractivity contribution in [3.8, 4) is 11.6 Å². The van der Waals surface area contributed by atoms with Gasteiger partial charge in [0.15, 0.2) is 0 Å². The second-order valence-electron chi connectivity index (χ2n) is 6.03. The molecule has 2 rings (SSSR count). The molecule has 0 fully saturated rings. The topological polar surface area (TPSA) is 47.0 Å². The number of rotatable bonds is 4. The minimum atomic E-state index is 0.0159. The molecule has 0 amide bonds. The Kier molecular flexibility index (Phi) is 4.46. The van der Waals surface area contributed by atoms with Gasteiger partial charge in [-0.2, -0.15) is 0 Å². The maximum Gasteiger partial charge on any atom is 0.227 e. The molecule has 112 valence electrons. The molecule has 4 nitrogen and oxygen atoms in total. The van der Waals surface area contributed by atoms with Crippen LogP contribution in [0.2, 0.25) is 0 Å². The predicted octanol–water partition coefficient (Wildman–Crippen LogP) is 4.31. The Morgan fingerprint density at radius 2 is 1.86 bits per heavy atom. The summed E-state index contributed by atoms with van der Waals surface area (Å²) < 4.78 is 6.06. The van der Waals surface area contributed by atoms with Crippen molar-refractivity contribution in [3.05, 3.63) is 41.7 Å². The van der Waals surface area contributed by atoms with E-state index < -0.39 is 0 Å². The molecule has 21 heavy (non-hydrogen) atoms. The van der Waals surface area contributed by atoms with Gasteiger partial charge in [-0.15, -0.1) is 0 Å². The molecule has 1 aromatic carbocycles. The molecule has 1 N–H and O–H groups in total. The van der Waals surface area contributed by atoms with E-state index in [-0.39, 0.29) is 5.41 Å². The average molecular weight is 285 g/mol. The molecule has 0 radical (unpaired) electrons. The molecule has 0 saturated carbocycles. The van der Waals surface area contributed by atoms with Crippen LogP contribution in [0.3, 0.4) is 0 Å². The fraction of sp³-hybridized carbons (Fsp3) is 0.412. The van der Waals surface area contributed by atoms with Gasteiger partial charge >= 0.3 is 0 Å². The van der Waals surface area contributed by atoms with E-state index in [0.29, 0.717) is 5.88 Å². The van der Waals surface area contributed by atoms with Crippen LogP contribution < -0.4 is 10.1 Å². The Hall–Kier alpha value is -2.10. The molecule has 2 aromatic rings. The molecular formula is C17H23N3O. The lowest BCUT2D eigenvalue weighted by molar-refractivity contribution is 0.436. The molecule has 0 unspecified atom stereocenters. The van der Waals surface area contributed by atoms with Crippen molar-refractivity contribution < 1.29 is 4.74 Å². The Morgan fingerprint density at radius 1 is 1.14 bits per heavy atom. The molecule has 0 aliphatic carbocycles. The van der Waals surface area contributed by atoms with Crippen LogP contribution in [-0.2, 0) is 5.41 Å². The van der Waals surface area contributed by atoms with Gasteiger partial charge in [0.25, 0.3) is 0 Å². The van der Waals surface area contributed by atoms with Crippen molar-refractivity contribution in [1.29, 1.82) is 0 Å². The quantitative estimate of drug-likeness (QED) is 0.909. The predicted molar refractivity (Wildman–Crippen MR) is 86.1 cm³/mol. The first-order valence-electron chi connectivity index (χ1n) is 7.26. The van der Waals surface area contributed by atoms with Crippen molar-refractivity contribution in [2.24, 2.45) is 0 Å². The van der Waals surface area contributed by atoms with Crippen molar-refractivity contribution in [2.75, 3.05) is 11.9 Å². The number of aromatic nitrogens is 2. The third-order valence-electron chi connectivity index (χ3n) is 3.28. The normalized spacial score (nSPS) is 11.3. The van der Waals surface area contributed by atoms with Crippen molar-refractivity contribution in [3.63, 3.8) is 0 Å². The van der Waals surface area contributed by atoms with E-state index in [1.807, 2.05) is 32.0 Å². The van der Waals surface area contributed by atoms with Gasteiger partial charge in [-0.05, 0) is 25.3 Å². The zero-order valence-electron chi connectivity index (χ0n) is 13.4. The molecule has 1 heterocycles. The van der Waals surface area contributed by atoms with Crippen LogP contribution in [0, 0.1) is 6.92 Å². The number of benzene rings is 1. The van der Waals surface area contributed by atoms with Gasteiger partial charge in [-0.25, -0.2) is 9.97 Å². The third-order valence-corrected chi connectivity index (χ3v) is 3.28. The first-order valence-corrected chi connectivity index (χ1v) is 7.26. The summed E-state index contributed by atoms with van der Waals surface area (Å²) in [6.07, 6.45) is 1.53. The molecule has 0 aliphatic heterocycles. The first kappa shape index (κ1) is 15.3. The fourth-order valence-electron chi connectivity index (χ4n) is 2.16. The zero-order valence-corrected chi connectivity index (χ0v) is 13.4.